The lowest BCUT2D eigenvalue weighted by Crippen LogP contribution is -2.11. The molecule has 1 nitrogen and oxygen atoms in total. The van der Waals surface area contributed by atoms with Crippen LogP contribution in [0.1, 0.15) is 46.5 Å². The molecule has 0 aliphatic carbocycles. The smallest absolute Gasteiger partial charge is 0.0169 e. The molecule has 0 bridgehead atoms. The Kier molecular flexibility index (Phi) is 8.77. The lowest BCUT2D eigenvalue weighted by atomic mass is 9.86. The summed E-state index contributed by atoms with van der Waals surface area (Å²) >= 11 is 2.22. The third-order valence-electron chi connectivity index (χ3n) is 2.78. The van der Waals surface area contributed by atoms with Gasteiger partial charge in [-0.25, -0.2) is 0 Å². The van der Waals surface area contributed by atoms with Crippen LogP contribution in [0.25, 0.3) is 0 Å². The molecule has 0 fully saturated rings. The third kappa shape index (κ3) is 5.36. The molecule has 0 spiro atoms. The molecule has 0 aromatic heterocycles. The van der Waals surface area contributed by atoms with E-state index in [0.29, 0.717) is 0 Å². The second-order valence-corrected chi connectivity index (χ2v) is 4.34. The van der Waals surface area contributed by atoms with Crippen molar-refractivity contribution in [2.45, 2.75) is 46.5 Å². The van der Waals surface area contributed by atoms with Gasteiger partial charge in [0.05, 0.1) is 0 Å². The van der Waals surface area contributed by atoms with E-state index in [9.17, 15) is 0 Å². The van der Waals surface area contributed by atoms with Crippen LogP contribution >= 0.6 is 22.9 Å². The van der Waals surface area contributed by atoms with Gasteiger partial charge in [0.2, 0.25) is 0 Å². The molecule has 1 N–H and O–H groups in total. The molecule has 0 saturated heterocycles. The van der Waals surface area contributed by atoms with Crippen LogP contribution < -0.4 is 3.53 Å². The molecule has 0 aliphatic heterocycles. The minimum Gasteiger partial charge on any atom is -0.261 e. The molecule has 0 rings (SSSR count). The summed E-state index contributed by atoms with van der Waals surface area (Å²) in [6, 6.07) is 0. The first kappa shape index (κ1) is 12.7. The maximum absolute atomic E-state index is 3.17. The lowest BCUT2D eigenvalue weighted by Gasteiger charge is -2.20. The second-order valence-electron chi connectivity index (χ2n) is 3.58. The molecular formula is C10H22IN. The third-order valence-corrected chi connectivity index (χ3v) is 3.32. The van der Waals surface area contributed by atoms with Gasteiger partial charge in [-0.15, -0.1) is 0 Å². The van der Waals surface area contributed by atoms with Crippen LogP contribution in [0.3, 0.4) is 0 Å². The number of nitrogens with one attached hydrogen (secondary N) is 1. The summed E-state index contributed by atoms with van der Waals surface area (Å²) in [5, 5.41) is 0. The highest BCUT2D eigenvalue weighted by molar-refractivity contribution is 14.1. The Hall–Kier alpha value is 0.690. The van der Waals surface area contributed by atoms with E-state index in [-0.39, 0.29) is 0 Å². The molecule has 12 heavy (non-hydrogen) atoms. The first-order chi connectivity index (χ1) is 5.76. The minimum atomic E-state index is 0.907. The summed E-state index contributed by atoms with van der Waals surface area (Å²) in [6.07, 6.45) is 5.38. The van der Waals surface area contributed by atoms with Crippen LogP contribution in [-0.2, 0) is 0 Å². The van der Waals surface area contributed by atoms with Crippen LogP contribution in [0.2, 0.25) is 0 Å². The summed E-state index contributed by atoms with van der Waals surface area (Å²) in [4.78, 5) is 0. The van der Waals surface area contributed by atoms with Gasteiger partial charge in [-0.1, -0.05) is 33.6 Å². The maximum Gasteiger partial charge on any atom is 0.0169 e. The Labute approximate surface area is 91.2 Å². The van der Waals surface area contributed by atoms with E-state index in [1.54, 1.807) is 0 Å². The van der Waals surface area contributed by atoms with Gasteiger partial charge in [-0.2, -0.15) is 0 Å². The van der Waals surface area contributed by atoms with Crippen LogP contribution in [0.5, 0.6) is 0 Å². The molecule has 1 atom stereocenters. The highest BCUT2D eigenvalue weighted by atomic mass is 127. The van der Waals surface area contributed by atoms with Gasteiger partial charge in [0.25, 0.3) is 0 Å². The number of hydrogen-bond donors (Lipinski definition) is 1. The number of halogens is 1. The fourth-order valence-electron chi connectivity index (χ4n) is 1.82. The second kappa shape index (κ2) is 8.30. The van der Waals surface area contributed by atoms with Gasteiger partial charge in [0.15, 0.2) is 0 Å². The van der Waals surface area contributed by atoms with E-state index >= 15 is 0 Å². The normalized spacial score (nSPS) is 13.8. The average Bonchev–Trinajstić information content (AvgIpc) is 2.07. The van der Waals surface area contributed by atoms with Crippen LogP contribution in [0.4, 0.5) is 0 Å². The molecule has 1 unspecified atom stereocenters. The van der Waals surface area contributed by atoms with E-state index in [0.717, 1.165) is 18.4 Å². The Morgan fingerprint density at radius 1 is 1.25 bits per heavy atom. The van der Waals surface area contributed by atoms with Gasteiger partial charge in [0.1, 0.15) is 0 Å². The molecule has 0 aromatic carbocycles. The molecule has 0 saturated carbocycles. The quantitative estimate of drug-likeness (QED) is 0.426. The first-order valence-electron chi connectivity index (χ1n) is 5.09. The van der Waals surface area contributed by atoms with Crippen molar-refractivity contribution in [1.82, 2.24) is 3.53 Å². The molecule has 0 radical (unpaired) electrons. The summed E-state index contributed by atoms with van der Waals surface area (Å²) < 4.78 is 3.17. The highest BCUT2D eigenvalue weighted by Gasteiger charge is 2.12. The lowest BCUT2D eigenvalue weighted by molar-refractivity contribution is 0.314. The molecule has 0 aliphatic rings. The van der Waals surface area contributed by atoms with Crippen molar-refractivity contribution < 1.29 is 0 Å². The topological polar surface area (TPSA) is 12.0 Å². The molecular weight excluding hydrogens is 261 g/mol. The summed E-state index contributed by atoms with van der Waals surface area (Å²) in [5.74, 6) is 1.85. The van der Waals surface area contributed by atoms with Crippen molar-refractivity contribution in [3.8, 4) is 0 Å². The maximum atomic E-state index is 3.17. The van der Waals surface area contributed by atoms with Crippen LogP contribution in [0.15, 0.2) is 0 Å². The monoisotopic (exact) mass is 283 g/mol. The molecule has 74 valence electrons. The minimum absolute atomic E-state index is 0.907. The van der Waals surface area contributed by atoms with Gasteiger partial charge in [-0.05, 0) is 24.7 Å². The molecule has 0 aromatic rings. The Balaban J connectivity index is 3.47. The summed E-state index contributed by atoms with van der Waals surface area (Å²) in [6.45, 7) is 8.17. The number of hydrogen-bond acceptors (Lipinski definition) is 1. The molecule has 2 heteroatoms. The van der Waals surface area contributed by atoms with E-state index in [2.05, 4.69) is 47.2 Å². The van der Waals surface area contributed by atoms with Crippen LogP contribution in [0, 0.1) is 11.8 Å². The van der Waals surface area contributed by atoms with Crippen molar-refractivity contribution in [2.75, 3.05) is 6.54 Å². The largest absolute Gasteiger partial charge is 0.261 e. The van der Waals surface area contributed by atoms with Gasteiger partial charge in [-0.3, -0.25) is 3.53 Å². The van der Waals surface area contributed by atoms with Crippen molar-refractivity contribution in [3.63, 3.8) is 0 Å². The molecule has 0 heterocycles. The number of rotatable bonds is 7. The first-order valence-corrected chi connectivity index (χ1v) is 6.17. The average molecular weight is 283 g/mol. The zero-order valence-electron chi connectivity index (χ0n) is 8.57. The van der Waals surface area contributed by atoms with Gasteiger partial charge in [0, 0.05) is 29.4 Å². The Bertz CT molecular complexity index is 91.8. The van der Waals surface area contributed by atoms with Crippen molar-refractivity contribution in [1.29, 1.82) is 0 Å². The zero-order chi connectivity index (χ0) is 9.40. The standard InChI is InChI=1S/C10H22IN/c1-4-10(5-2)9(3)7-6-8-12-11/h9-10,12H,4-8H2,1-3H3. The van der Waals surface area contributed by atoms with E-state index in [1.807, 2.05) is 0 Å². The highest BCUT2D eigenvalue weighted by Crippen LogP contribution is 2.22. The zero-order valence-corrected chi connectivity index (χ0v) is 10.7. The van der Waals surface area contributed by atoms with Crippen LogP contribution in [-0.4, -0.2) is 6.54 Å². The van der Waals surface area contributed by atoms with E-state index in [4.69, 9.17) is 0 Å². The van der Waals surface area contributed by atoms with Crippen molar-refractivity contribution in [2.24, 2.45) is 11.8 Å². The SMILES string of the molecule is CCC(CC)C(C)CCCNI. The van der Waals surface area contributed by atoms with Crippen molar-refractivity contribution >= 4 is 22.9 Å². The summed E-state index contributed by atoms with van der Waals surface area (Å²) in [5.41, 5.74) is 0. The summed E-state index contributed by atoms with van der Waals surface area (Å²) in [7, 11) is 0. The Morgan fingerprint density at radius 3 is 2.25 bits per heavy atom. The molecule has 0 amide bonds. The van der Waals surface area contributed by atoms with E-state index in [1.165, 1.54) is 25.7 Å². The fraction of sp³-hybridized carbons (Fsp3) is 1.00. The predicted octanol–water partition coefficient (Wildman–Crippen LogP) is 3.78. The van der Waals surface area contributed by atoms with Crippen molar-refractivity contribution in [3.05, 3.63) is 0 Å². The van der Waals surface area contributed by atoms with Gasteiger partial charge >= 0.3 is 0 Å². The Morgan fingerprint density at radius 2 is 1.83 bits per heavy atom. The predicted molar refractivity (Wildman–Crippen MR) is 64.5 cm³/mol. The van der Waals surface area contributed by atoms with E-state index < -0.39 is 0 Å². The van der Waals surface area contributed by atoms with Gasteiger partial charge < -0.3 is 0 Å². The fourth-order valence-corrected chi connectivity index (χ4v) is 2.20.